The largest absolute Gasteiger partial charge is 0.346 e. The van der Waals surface area contributed by atoms with Gasteiger partial charge in [0.2, 0.25) is 0 Å². The standard InChI is InChI=1S/C21H15FN6/c22-18-9-5-4-8-17(18)21-23-19-10-11-27(14-20(19)24-21)12-15-13-28(26-25-15)16-6-2-1-3-7-16/h1-11,13-14H,12H2. The maximum atomic E-state index is 14.0. The monoisotopic (exact) mass is 370 g/mol. The zero-order chi connectivity index (χ0) is 18.9. The Bertz CT molecular complexity index is 1210. The van der Waals surface area contributed by atoms with Crippen LogP contribution in [0.15, 0.2) is 79.3 Å². The Morgan fingerprint density at radius 3 is 2.46 bits per heavy atom. The zero-order valence-electron chi connectivity index (χ0n) is 14.8. The Morgan fingerprint density at radius 2 is 1.61 bits per heavy atom. The molecule has 2 aliphatic rings. The van der Waals surface area contributed by atoms with Crippen molar-refractivity contribution in [3.8, 4) is 28.5 Å². The van der Waals surface area contributed by atoms with Crippen LogP contribution in [0.1, 0.15) is 5.69 Å². The van der Waals surface area contributed by atoms with Crippen molar-refractivity contribution in [2.24, 2.45) is 0 Å². The SMILES string of the molecule is Fc1ccccc1-c1nc2ccn(Cc3cn(-c4ccccc4)nn3)cc-2n1. The molecular formula is C21H15FN6. The molecule has 0 radical (unpaired) electrons. The first-order chi connectivity index (χ1) is 13.8. The van der Waals surface area contributed by atoms with Gasteiger partial charge in [-0.15, -0.1) is 5.10 Å². The summed E-state index contributed by atoms with van der Waals surface area (Å²) in [6, 6.07) is 18.2. The van der Waals surface area contributed by atoms with E-state index < -0.39 is 0 Å². The van der Waals surface area contributed by atoms with Gasteiger partial charge in [-0.25, -0.2) is 19.0 Å². The average molecular weight is 370 g/mol. The molecule has 0 spiro atoms. The lowest BCUT2D eigenvalue weighted by molar-refractivity contribution is 0.630. The Hall–Kier alpha value is -3.87. The molecule has 2 aliphatic heterocycles. The Kier molecular flexibility index (Phi) is 3.90. The molecule has 1 aromatic heterocycles. The number of pyridine rings is 1. The van der Waals surface area contributed by atoms with Crippen LogP contribution in [0.25, 0.3) is 28.5 Å². The van der Waals surface area contributed by atoms with Gasteiger partial charge in [0.15, 0.2) is 5.82 Å². The third-order valence-electron chi connectivity index (χ3n) is 4.45. The summed E-state index contributed by atoms with van der Waals surface area (Å²) in [4.78, 5) is 8.92. The highest BCUT2D eigenvalue weighted by Crippen LogP contribution is 2.26. The van der Waals surface area contributed by atoms with Crippen molar-refractivity contribution in [2.45, 2.75) is 6.54 Å². The molecule has 3 aromatic rings. The van der Waals surface area contributed by atoms with Gasteiger partial charge < -0.3 is 4.57 Å². The van der Waals surface area contributed by atoms with Crippen molar-refractivity contribution >= 4 is 0 Å². The third-order valence-corrected chi connectivity index (χ3v) is 4.45. The van der Waals surface area contributed by atoms with E-state index in [1.165, 1.54) is 6.07 Å². The molecule has 136 valence electrons. The van der Waals surface area contributed by atoms with Gasteiger partial charge in [0, 0.05) is 12.4 Å². The van der Waals surface area contributed by atoms with Crippen LogP contribution in [0.4, 0.5) is 4.39 Å². The van der Waals surface area contributed by atoms with E-state index in [1.807, 2.05) is 59.6 Å². The van der Waals surface area contributed by atoms with E-state index in [0.717, 1.165) is 17.1 Å². The molecule has 0 N–H and O–H groups in total. The number of hydrogen-bond donors (Lipinski definition) is 0. The molecule has 0 saturated heterocycles. The first-order valence-corrected chi connectivity index (χ1v) is 8.81. The number of aromatic nitrogens is 6. The fourth-order valence-corrected chi connectivity index (χ4v) is 3.08. The van der Waals surface area contributed by atoms with Crippen LogP contribution in [0.5, 0.6) is 0 Å². The van der Waals surface area contributed by atoms with Crippen LogP contribution in [-0.2, 0) is 6.54 Å². The van der Waals surface area contributed by atoms with Crippen molar-refractivity contribution in [1.82, 2.24) is 29.5 Å². The summed E-state index contributed by atoms with van der Waals surface area (Å²) < 4.78 is 17.7. The summed E-state index contributed by atoms with van der Waals surface area (Å²) in [5, 5.41) is 8.42. The molecule has 6 nitrogen and oxygen atoms in total. The van der Waals surface area contributed by atoms with Crippen LogP contribution < -0.4 is 0 Å². The average Bonchev–Trinajstić information content (AvgIpc) is 3.36. The highest BCUT2D eigenvalue weighted by molar-refractivity contribution is 5.65. The van der Waals surface area contributed by atoms with Crippen molar-refractivity contribution in [3.63, 3.8) is 0 Å². The number of benzene rings is 2. The van der Waals surface area contributed by atoms with E-state index in [2.05, 4.69) is 20.3 Å². The number of nitrogens with zero attached hydrogens (tertiary/aromatic N) is 6. The van der Waals surface area contributed by atoms with Gasteiger partial charge in [0.05, 0.1) is 29.7 Å². The van der Waals surface area contributed by atoms with Crippen LogP contribution in [0.3, 0.4) is 0 Å². The first kappa shape index (κ1) is 16.3. The highest BCUT2D eigenvalue weighted by Gasteiger charge is 2.15. The van der Waals surface area contributed by atoms with Crippen LogP contribution >= 0.6 is 0 Å². The van der Waals surface area contributed by atoms with E-state index in [9.17, 15) is 4.39 Å². The van der Waals surface area contributed by atoms with Gasteiger partial charge in [0.1, 0.15) is 17.2 Å². The molecule has 7 heteroatoms. The molecule has 0 unspecified atom stereocenters. The minimum Gasteiger partial charge on any atom is -0.346 e. The molecule has 0 fully saturated rings. The molecular weight excluding hydrogens is 355 g/mol. The van der Waals surface area contributed by atoms with Crippen LogP contribution in [0.2, 0.25) is 0 Å². The first-order valence-electron chi connectivity index (χ1n) is 8.81. The minimum absolute atomic E-state index is 0.330. The fourth-order valence-electron chi connectivity index (χ4n) is 3.08. The number of imidazole rings is 1. The van der Waals surface area contributed by atoms with Crippen molar-refractivity contribution < 1.29 is 4.39 Å². The fraction of sp³-hybridized carbons (Fsp3) is 0.0476. The maximum absolute atomic E-state index is 14.0. The lowest BCUT2D eigenvalue weighted by Crippen LogP contribution is -2.01. The summed E-state index contributed by atoms with van der Waals surface area (Å²) in [6.45, 7) is 0.546. The second-order valence-electron chi connectivity index (χ2n) is 6.40. The molecule has 28 heavy (non-hydrogen) atoms. The smallest absolute Gasteiger partial charge is 0.163 e. The summed E-state index contributed by atoms with van der Waals surface area (Å²) in [5.74, 6) is 0.0593. The van der Waals surface area contributed by atoms with Gasteiger partial charge >= 0.3 is 0 Å². The second kappa shape index (κ2) is 6.70. The summed E-state index contributed by atoms with van der Waals surface area (Å²) >= 11 is 0. The van der Waals surface area contributed by atoms with E-state index in [0.29, 0.717) is 23.6 Å². The summed E-state index contributed by atoms with van der Waals surface area (Å²) in [5.41, 5.74) is 3.61. The highest BCUT2D eigenvalue weighted by atomic mass is 19.1. The molecule has 0 amide bonds. The molecule has 2 aromatic carbocycles. The van der Waals surface area contributed by atoms with E-state index in [4.69, 9.17) is 0 Å². The third kappa shape index (κ3) is 3.03. The second-order valence-corrected chi connectivity index (χ2v) is 6.40. The number of hydrogen-bond acceptors (Lipinski definition) is 4. The Balaban J connectivity index is 1.43. The van der Waals surface area contributed by atoms with Gasteiger partial charge in [-0.1, -0.05) is 35.5 Å². The molecule has 5 rings (SSSR count). The number of rotatable bonds is 4. The Labute approximate surface area is 160 Å². The van der Waals surface area contributed by atoms with Crippen LogP contribution in [0, 0.1) is 5.82 Å². The number of para-hydroxylation sites is 1. The van der Waals surface area contributed by atoms with E-state index in [1.54, 1.807) is 22.9 Å². The zero-order valence-corrected chi connectivity index (χ0v) is 14.8. The Morgan fingerprint density at radius 1 is 0.821 bits per heavy atom. The van der Waals surface area contributed by atoms with Crippen molar-refractivity contribution in [3.05, 3.63) is 90.8 Å². The van der Waals surface area contributed by atoms with Gasteiger partial charge in [-0.3, -0.25) is 0 Å². The predicted molar refractivity (Wildman–Crippen MR) is 102 cm³/mol. The molecule has 0 aliphatic carbocycles. The summed E-state index contributed by atoms with van der Waals surface area (Å²) in [6.07, 6.45) is 5.69. The predicted octanol–water partition coefficient (Wildman–Crippen LogP) is 3.82. The topological polar surface area (TPSA) is 61.4 Å². The summed E-state index contributed by atoms with van der Waals surface area (Å²) in [7, 11) is 0. The molecule has 0 saturated carbocycles. The van der Waals surface area contributed by atoms with Crippen LogP contribution in [-0.4, -0.2) is 29.5 Å². The van der Waals surface area contributed by atoms with Gasteiger partial charge in [0.25, 0.3) is 0 Å². The molecule has 0 bridgehead atoms. The lowest BCUT2D eigenvalue weighted by atomic mass is 10.2. The van der Waals surface area contributed by atoms with Gasteiger partial charge in [-0.05, 0) is 30.3 Å². The lowest BCUT2D eigenvalue weighted by Gasteiger charge is -2.05. The number of halogens is 1. The maximum Gasteiger partial charge on any atom is 0.163 e. The minimum atomic E-state index is -0.330. The molecule has 3 heterocycles. The normalized spacial score (nSPS) is 11.2. The molecule has 0 atom stereocenters. The van der Waals surface area contributed by atoms with Gasteiger partial charge in [-0.2, -0.15) is 0 Å². The quantitative estimate of drug-likeness (QED) is 0.483. The van der Waals surface area contributed by atoms with Crippen molar-refractivity contribution in [2.75, 3.05) is 0 Å². The van der Waals surface area contributed by atoms with E-state index >= 15 is 0 Å². The van der Waals surface area contributed by atoms with E-state index in [-0.39, 0.29) is 5.82 Å². The number of fused-ring (bicyclic) bond motifs is 1. The van der Waals surface area contributed by atoms with Crippen molar-refractivity contribution in [1.29, 1.82) is 0 Å².